The van der Waals surface area contributed by atoms with Gasteiger partial charge in [-0.3, -0.25) is 9.89 Å². The van der Waals surface area contributed by atoms with Crippen LogP contribution in [-0.4, -0.2) is 16.1 Å². The molecule has 0 saturated heterocycles. The minimum atomic E-state index is -0.0578. The fraction of sp³-hybridized carbons (Fsp3) is 0.286. The molecule has 0 radical (unpaired) electrons. The SMILES string of the molecule is CC(NC(=O)c1ccc2c(c1)CNC2)c1cn[nH]c1.Cl. The third-order valence-electron chi connectivity index (χ3n) is 3.47. The average molecular weight is 293 g/mol. The molecule has 2 heterocycles. The molecule has 1 atom stereocenters. The monoisotopic (exact) mass is 292 g/mol. The van der Waals surface area contributed by atoms with E-state index in [1.54, 1.807) is 12.4 Å². The third-order valence-corrected chi connectivity index (χ3v) is 3.47. The number of aromatic nitrogens is 2. The fourth-order valence-electron chi connectivity index (χ4n) is 2.30. The van der Waals surface area contributed by atoms with Gasteiger partial charge in [0.1, 0.15) is 0 Å². The molecule has 1 aromatic heterocycles. The Morgan fingerprint density at radius 3 is 2.90 bits per heavy atom. The van der Waals surface area contributed by atoms with Gasteiger partial charge in [-0.15, -0.1) is 12.4 Å². The average Bonchev–Trinajstić information content (AvgIpc) is 3.09. The first-order valence-corrected chi connectivity index (χ1v) is 6.36. The van der Waals surface area contributed by atoms with Crippen LogP contribution >= 0.6 is 12.4 Å². The number of rotatable bonds is 3. The Morgan fingerprint density at radius 1 is 1.35 bits per heavy atom. The Kier molecular flexibility index (Phi) is 4.42. The molecule has 0 spiro atoms. The van der Waals surface area contributed by atoms with Gasteiger partial charge < -0.3 is 10.6 Å². The molecule has 3 N–H and O–H groups in total. The van der Waals surface area contributed by atoms with Crippen molar-refractivity contribution in [3.05, 3.63) is 52.8 Å². The van der Waals surface area contributed by atoms with Crippen molar-refractivity contribution in [2.75, 3.05) is 0 Å². The van der Waals surface area contributed by atoms with Gasteiger partial charge in [0.2, 0.25) is 0 Å². The van der Waals surface area contributed by atoms with E-state index in [4.69, 9.17) is 0 Å². The van der Waals surface area contributed by atoms with E-state index >= 15 is 0 Å². The highest BCUT2D eigenvalue weighted by atomic mass is 35.5. The van der Waals surface area contributed by atoms with Crippen molar-refractivity contribution >= 4 is 18.3 Å². The van der Waals surface area contributed by atoms with Gasteiger partial charge in [-0.05, 0) is 30.2 Å². The summed E-state index contributed by atoms with van der Waals surface area (Å²) >= 11 is 0. The lowest BCUT2D eigenvalue weighted by atomic mass is 10.1. The lowest BCUT2D eigenvalue weighted by Gasteiger charge is -2.12. The molecular weight excluding hydrogens is 276 g/mol. The van der Waals surface area contributed by atoms with E-state index in [9.17, 15) is 4.79 Å². The fourth-order valence-corrected chi connectivity index (χ4v) is 2.30. The summed E-state index contributed by atoms with van der Waals surface area (Å²) < 4.78 is 0. The number of hydrogen-bond acceptors (Lipinski definition) is 3. The second kappa shape index (κ2) is 6.07. The first kappa shape index (κ1) is 14.6. The summed E-state index contributed by atoms with van der Waals surface area (Å²) in [7, 11) is 0. The van der Waals surface area contributed by atoms with Gasteiger partial charge in [0.05, 0.1) is 12.2 Å². The highest BCUT2D eigenvalue weighted by Crippen LogP contribution is 2.18. The Balaban J connectivity index is 0.00000147. The van der Waals surface area contributed by atoms with E-state index in [0.29, 0.717) is 5.56 Å². The number of benzene rings is 1. The van der Waals surface area contributed by atoms with E-state index in [-0.39, 0.29) is 24.4 Å². The summed E-state index contributed by atoms with van der Waals surface area (Å²) in [6, 6.07) is 5.81. The molecule has 1 aromatic carbocycles. The Morgan fingerprint density at radius 2 is 2.15 bits per heavy atom. The number of halogens is 1. The Bertz CT molecular complexity index is 597. The molecule has 1 aliphatic heterocycles. The summed E-state index contributed by atoms with van der Waals surface area (Å²) in [5, 5.41) is 12.9. The number of nitrogens with zero attached hydrogens (tertiary/aromatic N) is 1. The summed E-state index contributed by atoms with van der Waals surface area (Å²) in [6.45, 7) is 3.67. The molecule has 20 heavy (non-hydrogen) atoms. The van der Waals surface area contributed by atoms with Crippen LogP contribution in [0.3, 0.4) is 0 Å². The van der Waals surface area contributed by atoms with Crippen LogP contribution in [0.2, 0.25) is 0 Å². The van der Waals surface area contributed by atoms with Crippen molar-refractivity contribution < 1.29 is 4.79 Å². The molecule has 6 heteroatoms. The topological polar surface area (TPSA) is 69.8 Å². The Labute approximate surface area is 123 Å². The predicted molar refractivity (Wildman–Crippen MR) is 78.7 cm³/mol. The van der Waals surface area contributed by atoms with Crippen LogP contribution < -0.4 is 10.6 Å². The number of hydrogen-bond donors (Lipinski definition) is 3. The highest BCUT2D eigenvalue weighted by molar-refractivity contribution is 5.94. The number of fused-ring (bicyclic) bond motifs is 1. The molecule has 2 aromatic rings. The molecule has 5 nitrogen and oxygen atoms in total. The van der Waals surface area contributed by atoms with Crippen molar-refractivity contribution in [1.82, 2.24) is 20.8 Å². The maximum atomic E-state index is 12.2. The van der Waals surface area contributed by atoms with Crippen molar-refractivity contribution in [2.24, 2.45) is 0 Å². The maximum absolute atomic E-state index is 12.2. The molecule has 1 unspecified atom stereocenters. The van der Waals surface area contributed by atoms with Crippen LogP contribution in [0, 0.1) is 0 Å². The third kappa shape index (κ3) is 2.84. The summed E-state index contributed by atoms with van der Waals surface area (Å²) in [5.41, 5.74) is 4.16. The molecule has 3 rings (SSSR count). The minimum Gasteiger partial charge on any atom is -0.345 e. The van der Waals surface area contributed by atoms with E-state index in [2.05, 4.69) is 20.8 Å². The molecule has 0 bridgehead atoms. The molecular formula is C14H17ClN4O. The van der Waals surface area contributed by atoms with E-state index in [1.807, 2.05) is 25.1 Å². The van der Waals surface area contributed by atoms with Crippen molar-refractivity contribution in [2.45, 2.75) is 26.1 Å². The summed E-state index contributed by atoms with van der Waals surface area (Å²) in [6.07, 6.45) is 3.51. The molecule has 1 aliphatic rings. The lowest BCUT2D eigenvalue weighted by molar-refractivity contribution is 0.0940. The zero-order chi connectivity index (χ0) is 13.2. The maximum Gasteiger partial charge on any atom is 0.251 e. The lowest BCUT2D eigenvalue weighted by Crippen LogP contribution is -2.26. The smallest absolute Gasteiger partial charge is 0.251 e. The van der Waals surface area contributed by atoms with Crippen LogP contribution in [0.5, 0.6) is 0 Å². The summed E-state index contributed by atoms with van der Waals surface area (Å²) in [5.74, 6) is -0.0524. The molecule has 0 aliphatic carbocycles. The number of carbonyl (C=O) groups is 1. The van der Waals surface area contributed by atoms with Gasteiger partial charge in [0, 0.05) is 30.4 Å². The molecule has 1 amide bonds. The van der Waals surface area contributed by atoms with Crippen LogP contribution in [0.25, 0.3) is 0 Å². The standard InChI is InChI=1S/C14H16N4O.ClH/c1-9(13-7-16-17-8-13)18-14(19)10-2-3-11-5-15-6-12(11)4-10;/h2-4,7-9,15H,5-6H2,1H3,(H,16,17)(H,18,19);1H. The van der Waals surface area contributed by atoms with Crippen molar-refractivity contribution in [3.8, 4) is 0 Å². The molecule has 0 fully saturated rings. The van der Waals surface area contributed by atoms with Gasteiger partial charge in [-0.2, -0.15) is 5.10 Å². The predicted octanol–water partition coefficient (Wildman–Crippen LogP) is 1.93. The van der Waals surface area contributed by atoms with Gasteiger partial charge >= 0.3 is 0 Å². The van der Waals surface area contributed by atoms with Crippen LogP contribution in [0.4, 0.5) is 0 Å². The molecule has 106 valence electrons. The zero-order valence-corrected chi connectivity index (χ0v) is 12.0. The van der Waals surface area contributed by atoms with Crippen LogP contribution in [0.15, 0.2) is 30.6 Å². The van der Waals surface area contributed by atoms with Crippen LogP contribution in [0.1, 0.15) is 40.0 Å². The van der Waals surface area contributed by atoms with E-state index < -0.39 is 0 Å². The van der Waals surface area contributed by atoms with Crippen molar-refractivity contribution in [3.63, 3.8) is 0 Å². The molecule has 0 saturated carbocycles. The Hall–Kier alpha value is -1.85. The largest absolute Gasteiger partial charge is 0.345 e. The van der Waals surface area contributed by atoms with Gasteiger partial charge in [0.15, 0.2) is 0 Å². The quantitative estimate of drug-likeness (QED) is 0.809. The van der Waals surface area contributed by atoms with E-state index in [0.717, 1.165) is 18.7 Å². The normalized spacial score (nSPS) is 14.2. The first-order chi connectivity index (χ1) is 9.24. The second-order valence-corrected chi connectivity index (χ2v) is 4.81. The number of H-pyrrole nitrogens is 1. The van der Waals surface area contributed by atoms with E-state index in [1.165, 1.54) is 11.1 Å². The number of carbonyl (C=O) groups excluding carboxylic acids is 1. The highest BCUT2D eigenvalue weighted by Gasteiger charge is 2.15. The van der Waals surface area contributed by atoms with Gasteiger partial charge in [0.25, 0.3) is 5.91 Å². The van der Waals surface area contributed by atoms with Gasteiger partial charge in [-0.1, -0.05) is 6.07 Å². The van der Waals surface area contributed by atoms with Crippen LogP contribution in [-0.2, 0) is 13.1 Å². The number of nitrogens with one attached hydrogen (secondary N) is 3. The number of aromatic amines is 1. The second-order valence-electron chi connectivity index (χ2n) is 4.81. The minimum absolute atomic E-state index is 0. The van der Waals surface area contributed by atoms with Gasteiger partial charge in [-0.25, -0.2) is 0 Å². The number of amides is 1. The van der Waals surface area contributed by atoms with Crippen molar-refractivity contribution in [1.29, 1.82) is 0 Å². The zero-order valence-electron chi connectivity index (χ0n) is 11.1. The first-order valence-electron chi connectivity index (χ1n) is 6.36. The summed E-state index contributed by atoms with van der Waals surface area (Å²) in [4.78, 5) is 12.2.